The average molecular weight is 395 g/mol. The molecule has 3 rings (SSSR count). The number of rotatable bonds is 6. The van der Waals surface area contributed by atoms with E-state index in [-0.39, 0.29) is 11.3 Å². The molecule has 0 aliphatic heterocycles. The number of benzene rings is 2. The van der Waals surface area contributed by atoms with Crippen LogP contribution in [0.15, 0.2) is 58.3 Å². The molecular formula is C21H21N3O5. The predicted molar refractivity (Wildman–Crippen MR) is 110 cm³/mol. The largest absolute Gasteiger partial charge is 0.493 e. The van der Waals surface area contributed by atoms with Crippen LogP contribution in [0.3, 0.4) is 0 Å². The van der Waals surface area contributed by atoms with Gasteiger partial charge in [0, 0.05) is 18.0 Å². The lowest BCUT2D eigenvalue weighted by Crippen LogP contribution is -2.38. The van der Waals surface area contributed by atoms with Gasteiger partial charge >= 0.3 is 5.69 Å². The molecule has 150 valence electrons. The lowest BCUT2D eigenvalue weighted by atomic mass is 10.1. The lowest BCUT2D eigenvalue weighted by molar-refractivity contribution is 0.102. The number of aryl methyl sites for hydroxylation is 1. The van der Waals surface area contributed by atoms with Crippen molar-refractivity contribution in [2.24, 2.45) is 0 Å². The van der Waals surface area contributed by atoms with E-state index in [2.05, 4.69) is 10.3 Å². The molecule has 0 unspecified atom stereocenters. The van der Waals surface area contributed by atoms with Crippen LogP contribution in [0.5, 0.6) is 11.5 Å². The van der Waals surface area contributed by atoms with Crippen LogP contribution in [-0.2, 0) is 6.42 Å². The maximum absolute atomic E-state index is 12.9. The first-order chi connectivity index (χ1) is 14.0. The van der Waals surface area contributed by atoms with E-state index >= 15 is 0 Å². The number of amides is 1. The number of nitrogens with zero attached hydrogens (tertiary/aromatic N) is 1. The van der Waals surface area contributed by atoms with Crippen LogP contribution in [0.2, 0.25) is 0 Å². The summed E-state index contributed by atoms with van der Waals surface area (Å²) in [4.78, 5) is 40.2. The fourth-order valence-electron chi connectivity index (χ4n) is 2.86. The van der Waals surface area contributed by atoms with Crippen LogP contribution in [0.25, 0.3) is 5.69 Å². The van der Waals surface area contributed by atoms with Crippen molar-refractivity contribution >= 4 is 11.6 Å². The van der Waals surface area contributed by atoms with E-state index in [9.17, 15) is 14.4 Å². The molecule has 0 atom stereocenters. The highest BCUT2D eigenvalue weighted by Crippen LogP contribution is 2.28. The van der Waals surface area contributed by atoms with Gasteiger partial charge in [-0.05, 0) is 36.2 Å². The van der Waals surface area contributed by atoms with Gasteiger partial charge in [-0.2, -0.15) is 0 Å². The zero-order chi connectivity index (χ0) is 21.0. The minimum absolute atomic E-state index is 0.195. The SMILES string of the molecule is CCc1ccc(NC(=O)c2c[nH]c(=O)n(-c3ccc(OC)c(OC)c3)c2=O)cc1. The van der Waals surface area contributed by atoms with Crippen molar-refractivity contribution < 1.29 is 14.3 Å². The summed E-state index contributed by atoms with van der Waals surface area (Å²) in [6, 6.07) is 11.9. The Morgan fingerprint density at radius 3 is 2.34 bits per heavy atom. The molecule has 2 N–H and O–H groups in total. The third kappa shape index (κ3) is 4.06. The number of carbonyl (C=O) groups excluding carboxylic acids is 1. The summed E-state index contributed by atoms with van der Waals surface area (Å²) >= 11 is 0. The van der Waals surface area contributed by atoms with Gasteiger partial charge in [-0.1, -0.05) is 19.1 Å². The van der Waals surface area contributed by atoms with Gasteiger partial charge in [-0.15, -0.1) is 0 Å². The molecule has 0 aliphatic rings. The first-order valence-corrected chi connectivity index (χ1v) is 8.96. The Balaban J connectivity index is 1.99. The molecule has 0 saturated heterocycles. The molecule has 0 fully saturated rings. The molecule has 0 saturated carbocycles. The molecule has 29 heavy (non-hydrogen) atoms. The highest BCUT2D eigenvalue weighted by molar-refractivity contribution is 6.03. The summed E-state index contributed by atoms with van der Waals surface area (Å²) < 4.78 is 11.3. The zero-order valence-electron chi connectivity index (χ0n) is 16.3. The monoisotopic (exact) mass is 395 g/mol. The van der Waals surface area contributed by atoms with Crippen molar-refractivity contribution in [1.29, 1.82) is 0 Å². The summed E-state index contributed by atoms with van der Waals surface area (Å²) in [7, 11) is 2.93. The number of hydrogen-bond acceptors (Lipinski definition) is 5. The van der Waals surface area contributed by atoms with Gasteiger partial charge < -0.3 is 19.8 Å². The van der Waals surface area contributed by atoms with E-state index in [1.54, 1.807) is 18.2 Å². The molecule has 3 aromatic rings. The summed E-state index contributed by atoms with van der Waals surface area (Å²) in [6.07, 6.45) is 1.99. The van der Waals surface area contributed by atoms with Crippen molar-refractivity contribution in [3.05, 3.63) is 80.6 Å². The Labute approximate surface area is 166 Å². The third-order valence-electron chi connectivity index (χ3n) is 4.47. The number of anilines is 1. The van der Waals surface area contributed by atoms with Gasteiger partial charge in [0.1, 0.15) is 5.56 Å². The van der Waals surface area contributed by atoms with Crippen molar-refractivity contribution in [1.82, 2.24) is 9.55 Å². The quantitative estimate of drug-likeness (QED) is 0.667. The molecule has 8 nitrogen and oxygen atoms in total. The first-order valence-electron chi connectivity index (χ1n) is 8.96. The second kappa shape index (κ2) is 8.47. The predicted octanol–water partition coefficient (Wildman–Crippen LogP) is 2.36. The van der Waals surface area contributed by atoms with E-state index in [4.69, 9.17) is 9.47 Å². The molecule has 2 aromatic carbocycles. The maximum atomic E-state index is 12.9. The van der Waals surface area contributed by atoms with E-state index in [1.165, 1.54) is 26.4 Å². The van der Waals surface area contributed by atoms with Crippen molar-refractivity contribution in [3.8, 4) is 17.2 Å². The highest BCUT2D eigenvalue weighted by atomic mass is 16.5. The summed E-state index contributed by atoms with van der Waals surface area (Å²) in [5, 5.41) is 2.67. The van der Waals surface area contributed by atoms with Gasteiger partial charge in [-0.3, -0.25) is 9.59 Å². The number of aromatic nitrogens is 2. The number of nitrogens with one attached hydrogen (secondary N) is 2. The Morgan fingerprint density at radius 1 is 1.03 bits per heavy atom. The topological polar surface area (TPSA) is 102 Å². The maximum Gasteiger partial charge on any atom is 0.333 e. The second-order valence-corrected chi connectivity index (χ2v) is 6.19. The van der Waals surface area contributed by atoms with Crippen LogP contribution >= 0.6 is 0 Å². The minimum atomic E-state index is -0.747. The molecular weight excluding hydrogens is 374 g/mol. The van der Waals surface area contributed by atoms with E-state index < -0.39 is 17.2 Å². The third-order valence-corrected chi connectivity index (χ3v) is 4.47. The number of hydrogen-bond donors (Lipinski definition) is 2. The summed E-state index contributed by atoms with van der Waals surface area (Å²) in [5.74, 6) is 0.178. The first kappa shape index (κ1) is 19.9. The van der Waals surface area contributed by atoms with Crippen molar-refractivity contribution in [2.45, 2.75) is 13.3 Å². The summed E-state index contributed by atoms with van der Waals surface area (Å²) in [6.45, 7) is 2.03. The fraction of sp³-hybridized carbons (Fsp3) is 0.190. The average Bonchev–Trinajstić information content (AvgIpc) is 2.74. The van der Waals surface area contributed by atoms with Crippen LogP contribution in [0.1, 0.15) is 22.8 Å². The molecule has 1 amide bonds. The van der Waals surface area contributed by atoms with E-state index in [0.717, 1.165) is 22.7 Å². The Hall–Kier alpha value is -3.81. The second-order valence-electron chi connectivity index (χ2n) is 6.19. The zero-order valence-corrected chi connectivity index (χ0v) is 16.3. The van der Waals surface area contributed by atoms with E-state index in [1.807, 2.05) is 19.1 Å². The molecule has 0 bridgehead atoms. The van der Waals surface area contributed by atoms with Gasteiger partial charge in [0.05, 0.1) is 19.9 Å². The molecule has 1 aromatic heterocycles. The number of aromatic amines is 1. The van der Waals surface area contributed by atoms with Crippen LogP contribution < -0.4 is 26.0 Å². The van der Waals surface area contributed by atoms with Crippen molar-refractivity contribution in [3.63, 3.8) is 0 Å². The molecule has 8 heteroatoms. The molecule has 0 radical (unpaired) electrons. The van der Waals surface area contributed by atoms with Crippen LogP contribution in [0.4, 0.5) is 5.69 Å². The number of carbonyl (C=O) groups is 1. The number of H-pyrrole nitrogens is 1. The minimum Gasteiger partial charge on any atom is -0.493 e. The Kier molecular flexibility index (Phi) is 5.82. The molecule has 0 spiro atoms. The smallest absolute Gasteiger partial charge is 0.333 e. The molecule has 1 heterocycles. The van der Waals surface area contributed by atoms with E-state index in [0.29, 0.717) is 17.2 Å². The van der Waals surface area contributed by atoms with Crippen molar-refractivity contribution in [2.75, 3.05) is 19.5 Å². The van der Waals surface area contributed by atoms with Gasteiger partial charge in [0.15, 0.2) is 11.5 Å². The number of methoxy groups -OCH3 is 2. The lowest BCUT2D eigenvalue weighted by Gasteiger charge is -2.11. The number of ether oxygens (including phenoxy) is 2. The van der Waals surface area contributed by atoms with Gasteiger partial charge in [0.25, 0.3) is 11.5 Å². The normalized spacial score (nSPS) is 10.4. The van der Waals surface area contributed by atoms with Crippen LogP contribution in [0, 0.1) is 0 Å². The Bertz CT molecular complexity index is 1150. The van der Waals surface area contributed by atoms with Gasteiger partial charge in [-0.25, -0.2) is 9.36 Å². The highest BCUT2D eigenvalue weighted by Gasteiger charge is 2.17. The fourth-order valence-corrected chi connectivity index (χ4v) is 2.86. The standard InChI is InChI=1S/C21H21N3O5/c1-4-13-5-7-14(8-6-13)23-19(25)16-12-22-21(27)24(20(16)26)15-9-10-17(28-2)18(11-15)29-3/h5-12H,4H2,1-3H3,(H,22,27)(H,23,25). The Morgan fingerprint density at radius 2 is 1.72 bits per heavy atom. The van der Waals surface area contributed by atoms with Crippen LogP contribution in [-0.4, -0.2) is 29.7 Å². The summed E-state index contributed by atoms with van der Waals surface area (Å²) in [5.41, 5.74) is 0.308. The van der Waals surface area contributed by atoms with Gasteiger partial charge in [0.2, 0.25) is 0 Å². The molecule has 0 aliphatic carbocycles.